The lowest BCUT2D eigenvalue weighted by Gasteiger charge is -2.17. The Hall–Kier alpha value is -1.62. The van der Waals surface area contributed by atoms with Gasteiger partial charge in [0.05, 0.1) is 22.6 Å². The molecule has 2 rings (SSSR count). The molecule has 2 N–H and O–H groups in total. The molecule has 1 aliphatic rings. The van der Waals surface area contributed by atoms with E-state index in [2.05, 4.69) is 0 Å². The van der Waals surface area contributed by atoms with Crippen molar-refractivity contribution in [2.24, 2.45) is 11.7 Å². The molecule has 0 saturated carbocycles. The number of carbonyl (C=O) groups is 1. The molecule has 1 amide bonds. The SMILES string of the molecule is N#Cc1ccc(Cl)c(S(=O)(=O)N2CCC(C(N)=O)C2)c1. The van der Waals surface area contributed by atoms with Gasteiger partial charge in [0.15, 0.2) is 0 Å². The van der Waals surface area contributed by atoms with Gasteiger partial charge in [-0.15, -0.1) is 0 Å². The molecule has 0 bridgehead atoms. The first-order chi connectivity index (χ1) is 9.36. The van der Waals surface area contributed by atoms with Gasteiger partial charge in [0.25, 0.3) is 0 Å². The summed E-state index contributed by atoms with van der Waals surface area (Å²) in [5.41, 5.74) is 5.39. The molecule has 8 heteroatoms. The van der Waals surface area contributed by atoms with Crippen molar-refractivity contribution < 1.29 is 13.2 Å². The zero-order valence-corrected chi connectivity index (χ0v) is 12.0. The predicted molar refractivity (Wildman–Crippen MR) is 72.2 cm³/mol. The Kier molecular flexibility index (Phi) is 3.99. The van der Waals surface area contributed by atoms with Crippen LogP contribution in [0.15, 0.2) is 23.1 Å². The average Bonchev–Trinajstić information content (AvgIpc) is 2.89. The maximum atomic E-state index is 12.5. The van der Waals surface area contributed by atoms with Crippen molar-refractivity contribution in [1.82, 2.24) is 4.31 Å². The van der Waals surface area contributed by atoms with Crippen LogP contribution in [0.25, 0.3) is 0 Å². The molecule has 0 aromatic heterocycles. The Bertz CT molecular complexity index is 696. The summed E-state index contributed by atoms with van der Waals surface area (Å²) >= 11 is 5.91. The highest BCUT2D eigenvalue weighted by molar-refractivity contribution is 7.89. The van der Waals surface area contributed by atoms with Crippen molar-refractivity contribution in [2.45, 2.75) is 11.3 Å². The molecular weight excluding hydrogens is 302 g/mol. The van der Waals surface area contributed by atoms with Gasteiger partial charge in [-0.2, -0.15) is 9.57 Å². The van der Waals surface area contributed by atoms with E-state index >= 15 is 0 Å². The van der Waals surface area contributed by atoms with Gasteiger partial charge >= 0.3 is 0 Å². The van der Waals surface area contributed by atoms with Crippen LogP contribution >= 0.6 is 11.6 Å². The molecule has 0 spiro atoms. The number of nitriles is 1. The number of rotatable bonds is 3. The number of halogens is 1. The molecule has 0 radical (unpaired) electrons. The summed E-state index contributed by atoms with van der Waals surface area (Å²) in [6.07, 6.45) is 0.393. The van der Waals surface area contributed by atoms with Crippen LogP contribution in [0, 0.1) is 17.2 Å². The summed E-state index contributed by atoms with van der Waals surface area (Å²) < 4.78 is 26.1. The number of nitrogens with two attached hydrogens (primary N) is 1. The second-order valence-electron chi connectivity index (χ2n) is 4.51. The second-order valence-corrected chi connectivity index (χ2v) is 6.82. The summed E-state index contributed by atoms with van der Waals surface area (Å²) in [5.74, 6) is -0.998. The van der Waals surface area contributed by atoms with Gasteiger partial charge in [0.1, 0.15) is 4.90 Å². The molecule has 1 unspecified atom stereocenters. The Morgan fingerprint density at radius 1 is 1.50 bits per heavy atom. The van der Waals surface area contributed by atoms with Gasteiger partial charge in [0, 0.05) is 13.1 Å². The minimum Gasteiger partial charge on any atom is -0.369 e. The molecule has 1 aromatic rings. The van der Waals surface area contributed by atoms with E-state index in [4.69, 9.17) is 22.6 Å². The molecule has 1 fully saturated rings. The second kappa shape index (κ2) is 5.40. The van der Waals surface area contributed by atoms with Gasteiger partial charge < -0.3 is 5.73 Å². The molecule has 6 nitrogen and oxygen atoms in total. The smallest absolute Gasteiger partial charge is 0.244 e. The predicted octanol–water partition coefficient (Wildman–Crippen LogP) is 0.708. The van der Waals surface area contributed by atoms with Crippen molar-refractivity contribution in [3.63, 3.8) is 0 Å². The van der Waals surface area contributed by atoms with Crippen LogP contribution in [-0.4, -0.2) is 31.7 Å². The van der Waals surface area contributed by atoms with Crippen molar-refractivity contribution >= 4 is 27.5 Å². The third-order valence-corrected chi connectivity index (χ3v) is 5.58. The fourth-order valence-corrected chi connectivity index (χ4v) is 4.09. The van der Waals surface area contributed by atoms with Crippen molar-refractivity contribution in [1.29, 1.82) is 5.26 Å². The van der Waals surface area contributed by atoms with Crippen molar-refractivity contribution in [2.75, 3.05) is 13.1 Å². The minimum atomic E-state index is -3.83. The van der Waals surface area contributed by atoms with E-state index < -0.39 is 21.8 Å². The van der Waals surface area contributed by atoms with Crippen LogP contribution in [0.5, 0.6) is 0 Å². The van der Waals surface area contributed by atoms with Crippen molar-refractivity contribution in [3.05, 3.63) is 28.8 Å². The van der Waals surface area contributed by atoms with Gasteiger partial charge in [-0.05, 0) is 24.6 Å². The van der Waals surface area contributed by atoms with Crippen LogP contribution in [0.1, 0.15) is 12.0 Å². The molecule has 1 aliphatic heterocycles. The number of sulfonamides is 1. The van der Waals surface area contributed by atoms with Crippen LogP contribution in [0.3, 0.4) is 0 Å². The summed E-state index contributed by atoms with van der Waals surface area (Å²) in [6, 6.07) is 5.91. The zero-order valence-electron chi connectivity index (χ0n) is 10.4. The number of nitrogens with zero attached hydrogens (tertiary/aromatic N) is 2. The lowest BCUT2D eigenvalue weighted by molar-refractivity contribution is -0.121. The Morgan fingerprint density at radius 3 is 2.75 bits per heavy atom. The van der Waals surface area contributed by atoms with Gasteiger partial charge in [0.2, 0.25) is 15.9 Å². The third-order valence-electron chi connectivity index (χ3n) is 3.23. The van der Waals surface area contributed by atoms with Crippen LogP contribution in [0.4, 0.5) is 0 Å². The zero-order chi connectivity index (χ0) is 14.9. The molecule has 106 valence electrons. The van der Waals surface area contributed by atoms with E-state index in [9.17, 15) is 13.2 Å². The first-order valence-corrected chi connectivity index (χ1v) is 7.67. The number of hydrogen-bond donors (Lipinski definition) is 1. The third kappa shape index (κ3) is 2.63. The normalized spacial score (nSPS) is 19.7. The minimum absolute atomic E-state index is 0.0464. The number of benzene rings is 1. The Morgan fingerprint density at radius 2 is 2.20 bits per heavy atom. The monoisotopic (exact) mass is 313 g/mol. The number of hydrogen-bond acceptors (Lipinski definition) is 4. The average molecular weight is 314 g/mol. The molecule has 1 atom stereocenters. The molecule has 0 aliphatic carbocycles. The lowest BCUT2D eigenvalue weighted by atomic mass is 10.1. The Labute approximate surface area is 121 Å². The fraction of sp³-hybridized carbons (Fsp3) is 0.333. The number of carbonyl (C=O) groups excluding carboxylic acids is 1. The topological polar surface area (TPSA) is 104 Å². The van der Waals surface area contributed by atoms with Crippen LogP contribution < -0.4 is 5.73 Å². The molecular formula is C12H12ClN3O3S. The first-order valence-electron chi connectivity index (χ1n) is 5.85. The van der Waals surface area contributed by atoms with Gasteiger partial charge in [-0.3, -0.25) is 4.79 Å². The molecule has 1 saturated heterocycles. The van der Waals surface area contributed by atoms with E-state index in [-0.39, 0.29) is 28.6 Å². The highest BCUT2D eigenvalue weighted by Crippen LogP contribution is 2.29. The molecule has 1 heterocycles. The van der Waals surface area contributed by atoms with Crippen LogP contribution in [0.2, 0.25) is 5.02 Å². The van der Waals surface area contributed by atoms with E-state index in [1.807, 2.05) is 6.07 Å². The quantitative estimate of drug-likeness (QED) is 0.887. The largest absolute Gasteiger partial charge is 0.369 e. The first kappa shape index (κ1) is 14.8. The highest BCUT2D eigenvalue weighted by Gasteiger charge is 2.35. The van der Waals surface area contributed by atoms with E-state index in [0.29, 0.717) is 6.42 Å². The number of amides is 1. The summed E-state index contributed by atoms with van der Waals surface area (Å²) in [4.78, 5) is 11.0. The maximum Gasteiger partial charge on any atom is 0.244 e. The molecule has 20 heavy (non-hydrogen) atoms. The van der Waals surface area contributed by atoms with Gasteiger partial charge in [-0.1, -0.05) is 11.6 Å². The van der Waals surface area contributed by atoms with Crippen LogP contribution in [-0.2, 0) is 14.8 Å². The lowest BCUT2D eigenvalue weighted by Crippen LogP contribution is -2.32. The standard InChI is InChI=1S/C12H12ClN3O3S/c13-10-2-1-8(6-14)5-11(10)20(18,19)16-4-3-9(7-16)12(15)17/h1-2,5,9H,3-4,7H2,(H2,15,17). The highest BCUT2D eigenvalue weighted by atomic mass is 35.5. The number of primary amides is 1. The van der Waals surface area contributed by atoms with E-state index in [1.165, 1.54) is 22.5 Å². The summed E-state index contributed by atoms with van der Waals surface area (Å²) in [5, 5.41) is 8.88. The summed E-state index contributed by atoms with van der Waals surface area (Å²) in [6.45, 7) is 0.258. The maximum absolute atomic E-state index is 12.5. The van der Waals surface area contributed by atoms with Gasteiger partial charge in [-0.25, -0.2) is 8.42 Å². The Balaban J connectivity index is 2.37. The van der Waals surface area contributed by atoms with E-state index in [0.717, 1.165) is 0 Å². The van der Waals surface area contributed by atoms with Crippen molar-refractivity contribution in [3.8, 4) is 6.07 Å². The fourth-order valence-electron chi connectivity index (χ4n) is 2.09. The summed E-state index contributed by atoms with van der Waals surface area (Å²) in [7, 11) is -3.83. The molecule has 1 aromatic carbocycles. The van der Waals surface area contributed by atoms with E-state index in [1.54, 1.807) is 0 Å².